The number of benzene rings is 1. The molecule has 1 unspecified atom stereocenters. The van der Waals surface area contributed by atoms with Crippen molar-refractivity contribution in [2.75, 3.05) is 20.1 Å². The topological polar surface area (TPSA) is 15.3 Å². The molecule has 2 nitrogen and oxygen atoms in total. The highest BCUT2D eigenvalue weighted by atomic mass is 35.5. The van der Waals surface area contributed by atoms with Crippen LogP contribution in [0.3, 0.4) is 0 Å². The summed E-state index contributed by atoms with van der Waals surface area (Å²) < 4.78 is 13.6. The van der Waals surface area contributed by atoms with Gasteiger partial charge in [0.05, 0.1) is 0 Å². The predicted molar refractivity (Wildman–Crippen MR) is 73.5 cm³/mol. The minimum Gasteiger partial charge on any atom is -0.316 e. The number of nitrogens with zero attached hydrogens (tertiary/aromatic N) is 1. The molecule has 0 spiro atoms. The maximum atomic E-state index is 13.6. The predicted octanol–water partition coefficient (Wildman–Crippen LogP) is 2.97. The fourth-order valence-electron chi connectivity index (χ4n) is 2.48. The summed E-state index contributed by atoms with van der Waals surface area (Å²) >= 11 is 6.18. The van der Waals surface area contributed by atoms with Crippen LogP contribution in [0, 0.1) is 12.7 Å². The van der Waals surface area contributed by atoms with Crippen molar-refractivity contribution in [3.05, 3.63) is 34.1 Å². The molecule has 1 atom stereocenters. The zero-order valence-electron chi connectivity index (χ0n) is 11.0. The quantitative estimate of drug-likeness (QED) is 0.908. The van der Waals surface area contributed by atoms with Crippen molar-refractivity contribution in [2.24, 2.45) is 0 Å². The third-order valence-electron chi connectivity index (χ3n) is 3.64. The monoisotopic (exact) mass is 270 g/mol. The van der Waals surface area contributed by atoms with Gasteiger partial charge in [0.15, 0.2) is 0 Å². The van der Waals surface area contributed by atoms with Crippen LogP contribution in [0.5, 0.6) is 0 Å². The van der Waals surface area contributed by atoms with Gasteiger partial charge in [-0.25, -0.2) is 4.39 Å². The van der Waals surface area contributed by atoms with Gasteiger partial charge < -0.3 is 5.32 Å². The van der Waals surface area contributed by atoms with E-state index in [0.29, 0.717) is 16.6 Å². The summed E-state index contributed by atoms with van der Waals surface area (Å²) in [5, 5.41) is 3.97. The summed E-state index contributed by atoms with van der Waals surface area (Å²) in [5.41, 5.74) is 1.49. The van der Waals surface area contributed by atoms with Crippen molar-refractivity contribution in [3.8, 4) is 0 Å². The zero-order valence-corrected chi connectivity index (χ0v) is 11.7. The Morgan fingerprint density at radius 3 is 3.00 bits per heavy atom. The molecule has 1 aliphatic heterocycles. The Hall–Kier alpha value is -0.640. The van der Waals surface area contributed by atoms with Gasteiger partial charge in [-0.15, -0.1) is 0 Å². The van der Waals surface area contributed by atoms with Crippen LogP contribution in [0.25, 0.3) is 0 Å². The number of hydrogen-bond acceptors (Lipinski definition) is 2. The van der Waals surface area contributed by atoms with Gasteiger partial charge in [-0.1, -0.05) is 11.6 Å². The summed E-state index contributed by atoms with van der Waals surface area (Å²) in [5.74, 6) is -0.170. The van der Waals surface area contributed by atoms with Crippen LogP contribution in [0.4, 0.5) is 4.39 Å². The average Bonchev–Trinajstić information content (AvgIpc) is 2.36. The van der Waals surface area contributed by atoms with E-state index in [0.717, 1.165) is 25.2 Å². The number of likely N-dealkylation sites (N-methyl/N-ethyl adjacent to an activating group) is 1. The number of piperidine rings is 1. The van der Waals surface area contributed by atoms with E-state index >= 15 is 0 Å². The molecule has 0 aliphatic carbocycles. The van der Waals surface area contributed by atoms with E-state index in [2.05, 4.69) is 10.2 Å². The highest BCUT2D eigenvalue weighted by molar-refractivity contribution is 6.31. The molecule has 0 radical (unpaired) electrons. The molecule has 100 valence electrons. The van der Waals surface area contributed by atoms with Gasteiger partial charge in [-0.3, -0.25) is 4.90 Å². The number of halogens is 2. The Balaban J connectivity index is 2.07. The molecule has 0 saturated carbocycles. The van der Waals surface area contributed by atoms with Crippen LogP contribution in [0.15, 0.2) is 12.1 Å². The second-order valence-corrected chi connectivity index (χ2v) is 5.46. The molecule has 0 aromatic heterocycles. The maximum Gasteiger partial charge on any atom is 0.126 e. The third-order valence-corrected chi connectivity index (χ3v) is 3.99. The van der Waals surface area contributed by atoms with Gasteiger partial charge in [-0.05, 0) is 56.6 Å². The largest absolute Gasteiger partial charge is 0.316 e. The minimum absolute atomic E-state index is 0.170. The molecule has 0 bridgehead atoms. The Kier molecular flexibility index (Phi) is 4.60. The molecular formula is C14H20ClFN2. The lowest BCUT2D eigenvalue weighted by molar-refractivity contribution is 0.188. The Morgan fingerprint density at radius 2 is 2.28 bits per heavy atom. The van der Waals surface area contributed by atoms with Crippen molar-refractivity contribution in [1.29, 1.82) is 0 Å². The summed E-state index contributed by atoms with van der Waals surface area (Å²) in [4.78, 5) is 2.33. The van der Waals surface area contributed by atoms with Crippen molar-refractivity contribution in [3.63, 3.8) is 0 Å². The highest BCUT2D eigenvalue weighted by Gasteiger charge is 2.19. The maximum absolute atomic E-state index is 13.6. The molecular weight excluding hydrogens is 251 g/mol. The molecule has 1 fully saturated rings. The Bertz CT molecular complexity index is 423. The van der Waals surface area contributed by atoms with E-state index in [1.165, 1.54) is 12.8 Å². The van der Waals surface area contributed by atoms with Crippen molar-refractivity contribution >= 4 is 11.6 Å². The SMILES string of the molecule is CNC1CCCN(Cc2cc(F)c(C)cc2Cl)C1. The fourth-order valence-corrected chi connectivity index (χ4v) is 2.76. The summed E-state index contributed by atoms with van der Waals surface area (Å²) in [6, 6.07) is 3.82. The minimum atomic E-state index is -0.170. The lowest BCUT2D eigenvalue weighted by Crippen LogP contribution is -2.43. The highest BCUT2D eigenvalue weighted by Crippen LogP contribution is 2.23. The Labute approximate surface area is 113 Å². The van der Waals surface area contributed by atoms with Gasteiger partial charge in [0.25, 0.3) is 0 Å². The fraction of sp³-hybridized carbons (Fsp3) is 0.571. The molecule has 0 amide bonds. The van der Waals surface area contributed by atoms with Crippen LogP contribution in [-0.2, 0) is 6.54 Å². The van der Waals surface area contributed by atoms with Crippen molar-refractivity contribution < 1.29 is 4.39 Å². The molecule has 1 aromatic carbocycles. The van der Waals surface area contributed by atoms with Crippen LogP contribution in [0.2, 0.25) is 5.02 Å². The molecule has 18 heavy (non-hydrogen) atoms. The smallest absolute Gasteiger partial charge is 0.126 e. The average molecular weight is 271 g/mol. The number of nitrogens with one attached hydrogen (secondary N) is 1. The molecule has 1 aromatic rings. The summed E-state index contributed by atoms with van der Waals surface area (Å²) in [6.07, 6.45) is 2.39. The van der Waals surface area contributed by atoms with E-state index in [4.69, 9.17) is 11.6 Å². The molecule has 1 saturated heterocycles. The van der Waals surface area contributed by atoms with Crippen LogP contribution in [-0.4, -0.2) is 31.1 Å². The van der Waals surface area contributed by atoms with E-state index in [9.17, 15) is 4.39 Å². The van der Waals surface area contributed by atoms with Crippen LogP contribution in [0.1, 0.15) is 24.0 Å². The standard InChI is InChI=1S/C14H20ClFN2/c1-10-6-13(15)11(7-14(10)16)8-18-5-3-4-12(9-18)17-2/h6-7,12,17H,3-5,8-9H2,1-2H3. The summed E-state index contributed by atoms with van der Waals surface area (Å²) in [6.45, 7) is 4.53. The van der Waals surface area contributed by atoms with Crippen LogP contribution >= 0.6 is 11.6 Å². The Morgan fingerprint density at radius 1 is 1.50 bits per heavy atom. The van der Waals surface area contributed by atoms with E-state index in [1.54, 1.807) is 19.1 Å². The third kappa shape index (κ3) is 3.22. The molecule has 2 rings (SSSR count). The molecule has 4 heteroatoms. The lowest BCUT2D eigenvalue weighted by atomic mass is 10.0. The van der Waals surface area contributed by atoms with E-state index in [-0.39, 0.29) is 5.82 Å². The summed E-state index contributed by atoms with van der Waals surface area (Å²) in [7, 11) is 1.99. The van der Waals surface area contributed by atoms with Gasteiger partial charge >= 0.3 is 0 Å². The van der Waals surface area contributed by atoms with Gasteiger partial charge in [0, 0.05) is 24.2 Å². The first-order valence-electron chi connectivity index (χ1n) is 6.44. The second kappa shape index (κ2) is 6.00. The number of aryl methyl sites for hydroxylation is 1. The van der Waals surface area contributed by atoms with E-state index < -0.39 is 0 Å². The zero-order chi connectivity index (χ0) is 13.1. The normalized spacial score (nSPS) is 21.2. The first-order chi connectivity index (χ1) is 8.60. The first-order valence-corrected chi connectivity index (χ1v) is 6.82. The lowest BCUT2D eigenvalue weighted by Gasteiger charge is -2.32. The second-order valence-electron chi connectivity index (χ2n) is 5.06. The first kappa shape index (κ1) is 13.8. The molecule has 1 heterocycles. The number of likely N-dealkylation sites (tertiary alicyclic amines) is 1. The molecule has 1 aliphatic rings. The van der Waals surface area contributed by atoms with Gasteiger partial charge in [0.2, 0.25) is 0 Å². The van der Waals surface area contributed by atoms with E-state index in [1.807, 2.05) is 7.05 Å². The van der Waals surface area contributed by atoms with Crippen LogP contribution < -0.4 is 5.32 Å². The van der Waals surface area contributed by atoms with Gasteiger partial charge in [-0.2, -0.15) is 0 Å². The number of hydrogen-bond donors (Lipinski definition) is 1. The van der Waals surface area contributed by atoms with Gasteiger partial charge in [0.1, 0.15) is 5.82 Å². The molecule has 1 N–H and O–H groups in total. The number of rotatable bonds is 3. The van der Waals surface area contributed by atoms with Crippen molar-refractivity contribution in [2.45, 2.75) is 32.4 Å². The van der Waals surface area contributed by atoms with Crippen molar-refractivity contribution in [1.82, 2.24) is 10.2 Å².